The van der Waals surface area contributed by atoms with Gasteiger partial charge in [0.05, 0.1) is 29.4 Å². The van der Waals surface area contributed by atoms with E-state index in [2.05, 4.69) is 9.97 Å². The van der Waals surface area contributed by atoms with Gasteiger partial charge in [0.15, 0.2) is 0 Å². The highest BCUT2D eigenvalue weighted by Crippen LogP contribution is 2.40. The Kier molecular flexibility index (Phi) is 4.28. The van der Waals surface area contributed by atoms with Crippen molar-refractivity contribution in [3.8, 4) is 11.6 Å². The van der Waals surface area contributed by atoms with Gasteiger partial charge in [0.1, 0.15) is 18.2 Å². The first-order valence-electron chi connectivity index (χ1n) is 8.49. The lowest BCUT2D eigenvalue weighted by Crippen LogP contribution is -2.02. The van der Waals surface area contributed by atoms with Crippen LogP contribution in [0.3, 0.4) is 0 Å². The predicted molar refractivity (Wildman–Crippen MR) is 111 cm³/mol. The van der Waals surface area contributed by atoms with Crippen molar-refractivity contribution < 1.29 is 9.47 Å². The van der Waals surface area contributed by atoms with E-state index in [0.29, 0.717) is 41.0 Å². The van der Waals surface area contributed by atoms with Gasteiger partial charge in [0.25, 0.3) is 0 Å². The number of nitrogens with two attached hydrogens (primary N) is 2. The Hall–Kier alpha value is -2.99. The molecule has 0 bridgehead atoms. The Balaban J connectivity index is 2.16. The number of aromatic nitrogens is 2. The molecule has 27 heavy (non-hydrogen) atoms. The topological polar surface area (TPSA) is 96.3 Å². The van der Waals surface area contributed by atoms with E-state index in [4.69, 9.17) is 32.5 Å². The van der Waals surface area contributed by atoms with E-state index in [0.717, 1.165) is 32.8 Å². The normalized spacial score (nSPS) is 11.4. The van der Waals surface area contributed by atoms with Gasteiger partial charge in [-0.05, 0) is 30.7 Å². The van der Waals surface area contributed by atoms with Gasteiger partial charge in [-0.1, -0.05) is 6.07 Å². The van der Waals surface area contributed by atoms with E-state index in [9.17, 15) is 0 Å². The lowest BCUT2D eigenvalue weighted by atomic mass is 9.99. The lowest BCUT2D eigenvalue weighted by Gasteiger charge is -2.15. The number of ether oxygens (including phenoxy) is 2. The van der Waals surface area contributed by atoms with E-state index >= 15 is 0 Å². The van der Waals surface area contributed by atoms with Crippen LogP contribution in [0, 0.1) is 6.92 Å². The molecule has 0 atom stereocenters. The maximum absolute atomic E-state index is 6.29. The predicted octanol–water partition coefficient (Wildman–Crippen LogP) is 4.04. The molecular weight excluding hydrogens is 364 g/mol. The van der Waals surface area contributed by atoms with E-state index < -0.39 is 0 Å². The number of alkyl halides is 1. The molecule has 0 radical (unpaired) electrons. The number of nitrogens with zero attached hydrogens (tertiary/aromatic N) is 2. The van der Waals surface area contributed by atoms with Gasteiger partial charge in [0.2, 0.25) is 5.88 Å². The first kappa shape index (κ1) is 17.4. The molecule has 2 aromatic carbocycles. The SMILES string of the molecule is COc1nc2cc(OCCCl)ccc2c2c1c(N)nc1c(C)c(N)ccc12. The molecule has 0 saturated heterocycles. The first-order valence-corrected chi connectivity index (χ1v) is 9.03. The fraction of sp³-hybridized carbons (Fsp3) is 0.200. The molecule has 138 valence electrons. The average molecular weight is 383 g/mol. The summed E-state index contributed by atoms with van der Waals surface area (Å²) in [5.41, 5.74) is 15.5. The Bertz CT molecular complexity index is 1190. The minimum Gasteiger partial charge on any atom is -0.492 e. The highest BCUT2D eigenvalue weighted by atomic mass is 35.5. The summed E-state index contributed by atoms with van der Waals surface area (Å²) in [6.07, 6.45) is 0. The highest BCUT2D eigenvalue weighted by molar-refractivity contribution is 6.23. The Morgan fingerprint density at radius 3 is 2.56 bits per heavy atom. The summed E-state index contributed by atoms with van der Waals surface area (Å²) in [6, 6.07) is 9.58. The van der Waals surface area contributed by atoms with E-state index in [1.165, 1.54) is 0 Å². The second kappa shape index (κ2) is 6.63. The van der Waals surface area contributed by atoms with Crippen LogP contribution in [0.5, 0.6) is 11.6 Å². The van der Waals surface area contributed by atoms with Gasteiger partial charge in [-0.2, -0.15) is 0 Å². The molecule has 0 unspecified atom stereocenters. The zero-order valence-corrected chi connectivity index (χ0v) is 15.8. The van der Waals surface area contributed by atoms with Crippen molar-refractivity contribution in [2.45, 2.75) is 6.92 Å². The van der Waals surface area contributed by atoms with Gasteiger partial charge >= 0.3 is 0 Å². The third-order valence-corrected chi connectivity index (χ3v) is 4.85. The third kappa shape index (κ3) is 2.73. The van der Waals surface area contributed by atoms with Crippen LogP contribution in [0.1, 0.15) is 5.56 Å². The molecule has 0 fully saturated rings. The number of halogens is 1. The molecule has 7 heteroatoms. The van der Waals surface area contributed by atoms with Gasteiger partial charge in [-0.25, -0.2) is 9.97 Å². The Morgan fingerprint density at radius 2 is 1.81 bits per heavy atom. The summed E-state index contributed by atoms with van der Waals surface area (Å²) in [7, 11) is 1.57. The molecule has 4 rings (SSSR count). The van der Waals surface area contributed by atoms with Crippen molar-refractivity contribution >= 4 is 55.7 Å². The average Bonchev–Trinajstić information content (AvgIpc) is 2.68. The number of rotatable bonds is 4. The fourth-order valence-electron chi connectivity index (χ4n) is 3.37. The Labute approximate surface area is 161 Å². The number of hydrogen-bond acceptors (Lipinski definition) is 6. The molecule has 6 nitrogen and oxygen atoms in total. The lowest BCUT2D eigenvalue weighted by molar-refractivity contribution is 0.343. The second-order valence-corrected chi connectivity index (χ2v) is 6.64. The summed E-state index contributed by atoms with van der Waals surface area (Å²) < 4.78 is 11.2. The zero-order valence-electron chi connectivity index (χ0n) is 15.0. The fourth-order valence-corrected chi connectivity index (χ4v) is 3.45. The van der Waals surface area contributed by atoms with Crippen LogP contribution in [-0.2, 0) is 0 Å². The molecule has 0 aliphatic rings. The van der Waals surface area contributed by atoms with Crippen molar-refractivity contribution in [3.05, 3.63) is 35.9 Å². The second-order valence-electron chi connectivity index (χ2n) is 6.26. The molecule has 0 aliphatic heterocycles. The van der Waals surface area contributed by atoms with Crippen molar-refractivity contribution in [3.63, 3.8) is 0 Å². The zero-order chi connectivity index (χ0) is 19.1. The van der Waals surface area contributed by atoms with Crippen LogP contribution in [0.15, 0.2) is 30.3 Å². The summed E-state index contributed by atoms with van der Waals surface area (Å²) >= 11 is 5.71. The van der Waals surface area contributed by atoms with Crippen molar-refractivity contribution in [1.29, 1.82) is 0 Å². The minimum atomic E-state index is 0.361. The number of fused-ring (bicyclic) bond motifs is 5. The van der Waals surface area contributed by atoms with Crippen molar-refractivity contribution in [2.24, 2.45) is 0 Å². The number of hydrogen-bond donors (Lipinski definition) is 2. The Morgan fingerprint density at radius 1 is 1.04 bits per heavy atom. The van der Waals surface area contributed by atoms with Gasteiger partial charge < -0.3 is 20.9 Å². The maximum atomic E-state index is 6.29. The number of aryl methyl sites for hydroxylation is 1. The largest absolute Gasteiger partial charge is 0.492 e. The number of nitrogen functional groups attached to an aromatic ring is 2. The van der Waals surface area contributed by atoms with Crippen molar-refractivity contribution in [1.82, 2.24) is 9.97 Å². The molecule has 0 amide bonds. The molecule has 2 heterocycles. The molecule has 2 aromatic heterocycles. The van der Waals surface area contributed by atoms with Crippen LogP contribution < -0.4 is 20.9 Å². The van der Waals surface area contributed by atoms with Gasteiger partial charge in [0, 0.05) is 27.9 Å². The quantitative estimate of drug-likeness (QED) is 0.314. The minimum absolute atomic E-state index is 0.361. The summed E-state index contributed by atoms with van der Waals surface area (Å²) in [6.45, 7) is 2.37. The number of benzene rings is 2. The van der Waals surface area contributed by atoms with Gasteiger partial charge in [-0.15, -0.1) is 11.6 Å². The monoisotopic (exact) mass is 382 g/mol. The summed E-state index contributed by atoms with van der Waals surface area (Å²) in [5.74, 6) is 1.90. The van der Waals surface area contributed by atoms with Crippen LogP contribution in [0.2, 0.25) is 0 Å². The summed E-state index contributed by atoms with van der Waals surface area (Å²) in [4.78, 5) is 9.19. The van der Waals surface area contributed by atoms with E-state index in [1.807, 2.05) is 37.3 Å². The molecule has 0 aliphatic carbocycles. The third-order valence-electron chi connectivity index (χ3n) is 4.69. The van der Waals surface area contributed by atoms with Crippen LogP contribution in [0.25, 0.3) is 32.6 Å². The number of anilines is 2. The molecule has 4 aromatic rings. The first-order chi connectivity index (χ1) is 13.0. The summed E-state index contributed by atoms with van der Waals surface area (Å²) in [5, 5.41) is 3.51. The van der Waals surface area contributed by atoms with Crippen molar-refractivity contribution in [2.75, 3.05) is 31.1 Å². The van der Waals surface area contributed by atoms with E-state index in [1.54, 1.807) is 7.11 Å². The van der Waals surface area contributed by atoms with Crippen LogP contribution >= 0.6 is 11.6 Å². The highest BCUT2D eigenvalue weighted by Gasteiger charge is 2.18. The molecule has 4 N–H and O–H groups in total. The maximum Gasteiger partial charge on any atom is 0.225 e. The standard InChI is InChI=1S/C20H19ClN4O2/c1-10-14(22)6-5-13-16-12-4-3-11(27-8-7-21)9-15(12)24-20(26-2)17(16)19(23)25-18(10)13/h3-6,9H,7-8,22H2,1-2H3,(H2,23,25). The molecule has 0 saturated carbocycles. The number of methoxy groups -OCH3 is 1. The van der Waals surface area contributed by atoms with E-state index in [-0.39, 0.29) is 0 Å². The molecular formula is C20H19ClN4O2. The van der Waals surface area contributed by atoms with Crippen LogP contribution in [-0.4, -0.2) is 29.6 Å². The molecule has 0 spiro atoms. The van der Waals surface area contributed by atoms with Crippen LogP contribution in [0.4, 0.5) is 11.5 Å². The van der Waals surface area contributed by atoms with Gasteiger partial charge in [-0.3, -0.25) is 0 Å². The smallest absolute Gasteiger partial charge is 0.225 e. The number of pyridine rings is 2.